The number of carbonyl (C=O) groups is 2. The van der Waals surface area contributed by atoms with Gasteiger partial charge in [0, 0.05) is 0 Å². The van der Waals surface area contributed by atoms with Crippen LogP contribution in [0.4, 0.5) is 13.2 Å². The number of nitrogens with zero attached hydrogens (tertiary/aromatic N) is 2. The summed E-state index contributed by atoms with van der Waals surface area (Å²) < 4.78 is 44.1. The van der Waals surface area contributed by atoms with Crippen LogP contribution < -0.4 is 5.73 Å². The molecule has 1 radical (unpaired) electrons. The molecule has 1 fully saturated rings. The number of hydrogen-bond acceptors (Lipinski definition) is 8. The first-order valence-corrected chi connectivity index (χ1v) is 13.5. The number of carbonyl (C=O) groups excluding carboxylic acids is 2. The molecule has 0 saturated heterocycles. The van der Waals surface area contributed by atoms with Crippen molar-refractivity contribution in [2.45, 2.75) is 58.0 Å². The Bertz CT molecular complexity index is 1450. The average molecular weight is 590 g/mol. The van der Waals surface area contributed by atoms with Crippen LogP contribution >= 0.6 is 0 Å². The van der Waals surface area contributed by atoms with E-state index < -0.39 is 86.3 Å². The van der Waals surface area contributed by atoms with Crippen LogP contribution in [0.15, 0.2) is 23.0 Å². The van der Waals surface area contributed by atoms with E-state index in [4.69, 9.17) is 13.2 Å². The van der Waals surface area contributed by atoms with E-state index in [2.05, 4.69) is 0 Å². The van der Waals surface area contributed by atoms with Crippen LogP contribution in [-0.4, -0.2) is 94.2 Å². The molecule has 4 atom stereocenters. The molecule has 0 heterocycles. The second-order valence-electron chi connectivity index (χ2n) is 13.1. The number of primary amides is 1. The average Bonchev–Trinajstić information content (AvgIpc) is 2.78. The molecule has 0 aromatic heterocycles. The number of alkyl halides is 3. The van der Waals surface area contributed by atoms with E-state index in [1.807, 2.05) is 20.8 Å². The number of benzene rings is 1. The Morgan fingerprint density at radius 2 is 1.76 bits per heavy atom. The van der Waals surface area contributed by atoms with Gasteiger partial charge in [-0.3, -0.25) is 0 Å². The number of aliphatic hydroxyl groups excluding tert-OH is 2. The molecule has 13 heteroatoms. The van der Waals surface area contributed by atoms with Crippen molar-refractivity contribution < 1.29 is 43.2 Å². The van der Waals surface area contributed by atoms with Gasteiger partial charge < -0.3 is 0 Å². The summed E-state index contributed by atoms with van der Waals surface area (Å²) in [7, 11) is 10.8. The molecule has 6 N–H and O–H groups in total. The maximum atomic E-state index is 14.7. The van der Waals surface area contributed by atoms with Crippen LogP contribution in [0.2, 0.25) is 0 Å². The van der Waals surface area contributed by atoms with E-state index >= 15 is 0 Å². The maximum absolute atomic E-state index is 14.7. The molecule has 0 bridgehead atoms. The summed E-state index contributed by atoms with van der Waals surface area (Å²) in [5.41, 5.74) is -1.26. The van der Waals surface area contributed by atoms with Crippen LogP contribution in [0.3, 0.4) is 0 Å². The Morgan fingerprint density at radius 1 is 1.17 bits per heavy atom. The number of aliphatic hydroxyl groups is 3. The first-order valence-electron chi connectivity index (χ1n) is 13.5. The number of phenols is 1. The number of ketones is 1. The van der Waals surface area contributed by atoms with E-state index in [9.17, 15) is 43.2 Å². The predicted molar refractivity (Wildman–Crippen MR) is 151 cm³/mol. The van der Waals surface area contributed by atoms with Crippen LogP contribution in [-0.2, 0) is 28.7 Å². The van der Waals surface area contributed by atoms with Gasteiger partial charge in [-0.05, 0) is 5.41 Å². The van der Waals surface area contributed by atoms with Gasteiger partial charge in [0.05, 0.1) is 0 Å². The standard InChI is InChI=1S/C29H36BF3N3O6/c1-27(2,3)11-36(6)10-13-9-16(37)18-14(20(13)29(31,32)33)7-12-8-15-21(35(4)5)23(39)19(26(34)41)24(30)28(15,42)25(40)17(12)22(18)38/h9,12,15,21,37-39,42H,7-8,10-11H2,1-6H3,(H2,34,41)/t12-,15-,21-,28+/m0/s1. The summed E-state index contributed by atoms with van der Waals surface area (Å²) in [5, 5.41) is 45.0. The number of amides is 1. The molecule has 0 unspecified atom stereocenters. The number of aromatic hydroxyl groups is 1. The second kappa shape index (κ2) is 10.2. The summed E-state index contributed by atoms with van der Waals surface area (Å²) in [6.07, 6.45) is -5.44. The minimum atomic E-state index is -4.86. The van der Waals surface area contributed by atoms with E-state index in [0.717, 1.165) is 6.07 Å². The molecular formula is C29H36BF3N3O6. The van der Waals surface area contributed by atoms with Gasteiger partial charge in [-0.15, -0.1) is 0 Å². The monoisotopic (exact) mass is 590 g/mol. The third kappa shape index (κ3) is 4.94. The van der Waals surface area contributed by atoms with Crippen molar-refractivity contribution in [2.24, 2.45) is 23.0 Å². The van der Waals surface area contributed by atoms with Gasteiger partial charge >= 0.3 is 217 Å². The number of phenolic OH excluding ortho intramolecular Hbond substituents is 1. The van der Waals surface area contributed by atoms with Crippen molar-refractivity contribution >= 4 is 30.4 Å². The third-order valence-corrected chi connectivity index (χ3v) is 8.38. The fourth-order valence-electron chi connectivity index (χ4n) is 7.12. The quantitative estimate of drug-likeness (QED) is 0.328. The Hall–Kier alpha value is -3.16. The number of halogens is 3. The van der Waals surface area contributed by atoms with Crippen molar-refractivity contribution in [3.05, 3.63) is 45.2 Å². The zero-order valence-corrected chi connectivity index (χ0v) is 24.4. The number of rotatable bonds is 5. The molecule has 42 heavy (non-hydrogen) atoms. The van der Waals surface area contributed by atoms with Crippen molar-refractivity contribution in [1.29, 1.82) is 0 Å². The number of hydrogen-bond donors (Lipinski definition) is 5. The molecule has 3 aliphatic carbocycles. The molecule has 0 spiro atoms. The first kappa shape index (κ1) is 31.8. The third-order valence-electron chi connectivity index (χ3n) is 8.38. The van der Waals surface area contributed by atoms with Crippen molar-refractivity contribution in [2.75, 3.05) is 27.7 Å². The van der Waals surface area contributed by atoms with Crippen LogP contribution in [0.1, 0.15) is 49.4 Å². The molecule has 1 aromatic rings. The number of Topliss-reactive ketones (excluding diaryl/α,β-unsaturated/α-hetero) is 1. The van der Waals surface area contributed by atoms with Gasteiger partial charge in [0.1, 0.15) is 0 Å². The van der Waals surface area contributed by atoms with Crippen LogP contribution in [0.5, 0.6) is 5.75 Å². The van der Waals surface area contributed by atoms with Gasteiger partial charge in [-0.25, -0.2) is 0 Å². The Balaban J connectivity index is 1.93. The van der Waals surface area contributed by atoms with E-state index in [-0.39, 0.29) is 35.9 Å². The van der Waals surface area contributed by atoms with Gasteiger partial charge in [0.2, 0.25) is 0 Å². The van der Waals surface area contributed by atoms with E-state index in [0.29, 0.717) is 6.54 Å². The Kier molecular flexibility index (Phi) is 7.74. The number of likely N-dealkylation sites (N-methyl/N-ethyl adjacent to an activating group) is 1. The second-order valence-corrected chi connectivity index (χ2v) is 13.1. The fourth-order valence-corrected chi connectivity index (χ4v) is 7.12. The van der Waals surface area contributed by atoms with Crippen molar-refractivity contribution in [3.63, 3.8) is 0 Å². The zero-order chi connectivity index (χ0) is 31.9. The first-order chi connectivity index (χ1) is 19.1. The predicted octanol–water partition coefficient (Wildman–Crippen LogP) is 2.23. The van der Waals surface area contributed by atoms with Crippen LogP contribution in [0, 0.1) is 17.3 Å². The molecule has 1 saturated carbocycles. The molecular weight excluding hydrogens is 554 g/mol. The zero-order valence-electron chi connectivity index (χ0n) is 24.4. The SMILES string of the molecule is [B]=C1C(C(N)=O)=C(O)[C@@H](N(C)C)[C@@H]2C[C@@H]3Cc4c(c(O)cc(CN(C)CC(C)(C)C)c4C(F)(F)F)C(O)=C3C(=O)[C@]12O. The molecule has 9 nitrogen and oxygen atoms in total. The molecule has 4 rings (SSSR count). The van der Waals surface area contributed by atoms with Gasteiger partial charge in [0.15, 0.2) is 0 Å². The Labute approximate surface area is 243 Å². The summed E-state index contributed by atoms with van der Waals surface area (Å²) in [5.74, 6) is -6.68. The van der Waals surface area contributed by atoms with Gasteiger partial charge in [-0.1, -0.05) is 20.8 Å². The summed E-state index contributed by atoms with van der Waals surface area (Å²) in [4.78, 5) is 29.3. The minimum absolute atomic E-state index is 0.140. The van der Waals surface area contributed by atoms with Crippen molar-refractivity contribution in [1.82, 2.24) is 9.80 Å². The van der Waals surface area contributed by atoms with E-state index in [1.165, 1.54) is 19.0 Å². The molecule has 1 aromatic carbocycles. The molecule has 227 valence electrons. The Morgan fingerprint density at radius 3 is 2.26 bits per heavy atom. The number of nitrogens with two attached hydrogens (primary N) is 1. The summed E-state index contributed by atoms with van der Waals surface area (Å²) >= 11 is 0. The van der Waals surface area contributed by atoms with Crippen LogP contribution in [0.25, 0.3) is 5.76 Å². The molecule has 0 aliphatic heterocycles. The normalized spacial score (nSPS) is 26.5. The molecule has 1 amide bonds. The van der Waals surface area contributed by atoms with Crippen molar-refractivity contribution in [3.8, 4) is 5.75 Å². The fraction of sp³-hybridized carbons (Fsp3) is 0.552. The van der Waals surface area contributed by atoms with Gasteiger partial charge in [-0.2, -0.15) is 0 Å². The topological polar surface area (TPSA) is 148 Å². The summed E-state index contributed by atoms with van der Waals surface area (Å²) in [6, 6.07) is -0.204. The van der Waals surface area contributed by atoms with Gasteiger partial charge in [0.25, 0.3) is 0 Å². The summed E-state index contributed by atoms with van der Waals surface area (Å²) in [6.45, 7) is 6.15. The number of fused-ring (bicyclic) bond motifs is 3. The molecule has 3 aliphatic rings. The van der Waals surface area contributed by atoms with E-state index in [1.54, 1.807) is 11.9 Å².